The fourth-order valence-corrected chi connectivity index (χ4v) is 6.74. The highest BCUT2D eigenvalue weighted by Gasteiger charge is 2.31. The van der Waals surface area contributed by atoms with Gasteiger partial charge in [-0.1, -0.05) is 54.6 Å². The fourth-order valence-electron chi connectivity index (χ4n) is 5.79. The molecule has 0 radical (unpaired) electrons. The van der Waals surface area contributed by atoms with E-state index >= 15 is 4.79 Å². The molecule has 4 aromatic carbocycles. The van der Waals surface area contributed by atoms with Crippen molar-refractivity contribution in [1.82, 2.24) is 14.4 Å². The number of nitrogens with zero attached hydrogens (tertiary/aromatic N) is 3. The first-order chi connectivity index (χ1) is 30.5. The van der Waals surface area contributed by atoms with Gasteiger partial charge < -0.3 is 19.1 Å². The molecule has 12 heteroatoms. The maximum atomic E-state index is 15.3. The number of carbonyl (C=O) groups is 1. The van der Waals surface area contributed by atoms with Gasteiger partial charge in [0.2, 0.25) is 5.91 Å². The van der Waals surface area contributed by atoms with Crippen LogP contribution < -0.4 is 5.43 Å². The Balaban J connectivity index is 1.50. The Morgan fingerprint density at radius 1 is 1.02 bits per heavy atom. The van der Waals surface area contributed by atoms with Gasteiger partial charge >= 0.3 is 6.18 Å². The van der Waals surface area contributed by atoms with E-state index in [1.54, 1.807) is 0 Å². The first-order valence-corrected chi connectivity index (χ1v) is 17.2. The predicted molar refractivity (Wildman–Crippen MR) is 198 cm³/mol. The number of carbonyl (C=O) groups excluding carboxylic acids is 1. The van der Waals surface area contributed by atoms with Gasteiger partial charge in [0, 0.05) is 62.0 Å². The standard InChI is InChI=1S/C41H40F5N3O3S/c1-27-6-15-34-36(22-27)49(39(23-37(34)50)53-26-31-4-3-5-35(42)40(31)43)25-38(51)48(33-16-18-47(19-17-33)20-21-52-2)24-28-7-9-29(10-8-28)30-11-13-32(14-12-30)41(44,45)46/h3-15,22-23,33H,16-21,24-26H2,1-2H3/i2D3,6D,15D,21D2,22D,23D,24D2,25D2. The monoisotopic (exact) mass is 762 g/mol. The van der Waals surface area contributed by atoms with E-state index in [4.69, 9.17) is 12.3 Å². The van der Waals surface area contributed by atoms with Crippen LogP contribution in [0.2, 0.25) is 0 Å². The minimum Gasteiger partial charge on any atom is -0.383 e. The Labute approximate surface area is 327 Å². The molecule has 0 atom stereocenters. The number of rotatable bonds is 12. The number of thioether (sulfide) groups is 1. The number of pyridine rings is 1. The van der Waals surface area contributed by atoms with Crippen LogP contribution in [0, 0.1) is 18.6 Å². The zero-order valence-corrected chi connectivity index (χ0v) is 28.9. The lowest BCUT2D eigenvalue weighted by Gasteiger charge is -2.39. The van der Waals surface area contributed by atoms with Gasteiger partial charge in [0.15, 0.2) is 17.1 Å². The Morgan fingerprint density at radius 3 is 2.40 bits per heavy atom. The predicted octanol–water partition coefficient (Wildman–Crippen LogP) is 8.71. The van der Waals surface area contributed by atoms with E-state index in [0.717, 1.165) is 18.2 Å². The quantitative estimate of drug-likeness (QED) is 0.0941. The molecule has 53 heavy (non-hydrogen) atoms. The first kappa shape index (κ1) is 24.7. The van der Waals surface area contributed by atoms with Gasteiger partial charge in [-0.25, -0.2) is 8.78 Å². The van der Waals surface area contributed by atoms with Gasteiger partial charge in [0.05, 0.1) is 40.5 Å². The molecule has 0 bridgehead atoms. The molecule has 1 amide bonds. The van der Waals surface area contributed by atoms with Crippen molar-refractivity contribution >= 4 is 28.6 Å². The fraction of sp³-hybridized carbons (Fsp3) is 0.317. The average molecular weight is 763 g/mol. The van der Waals surface area contributed by atoms with Crippen molar-refractivity contribution in [2.45, 2.75) is 55.8 Å². The third-order valence-electron chi connectivity index (χ3n) is 8.58. The number of piperidine rings is 1. The largest absolute Gasteiger partial charge is 0.416 e. The molecule has 1 aliphatic heterocycles. The number of hydrogen-bond donors (Lipinski definition) is 0. The molecule has 6 rings (SSSR count). The highest BCUT2D eigenvalue weighted by atomic mass is 32.2. The molecular weight excluding hydrogens is 710 g/mol. The Morgan fingerprint density at radius 2 is 1.72 bits per heavy atom. The van der Waals surface area contributed by atoms with Crippen molar-refractivity contribution in [3.63, 3.8) is 0 Å². The number of ether oxygens (including phenoxy) is 1. The van der Waals surface area contributed by atoms with E-state index in [1.807, 2.05) is 0 Å². The van der Waals surface area contributed by atoms with E-state index in [2.05, 4.69) is 4.74 Å². The van der Waals surface area contributed by atoms with Crippen LogP contribution in [0.3, 0.4) is 0 Å². The van der Waals surface area contributed by atoms with Crippen LogP contribution in [0.4, 0.5) is 22.0 Å². The molecule has 5 aromatic rings. The molecule has 1 aliphatic rings. The number of halogens is 5. The Bertz CT molecular complexity index is 2710. The first-order valence-electron chi connectivity index (χ1n) is 22.7. The molecule has 0 aliphatic carbocycles. The summed E-state index contributed by atoms with van der Waals surface area (Å²) in [6.07, 6.45) is -4.96. The number of fused-ring (bicyclic) bond motifs is 1. The second-order valence-electron chi connectivity index (χ2n) is 12.1. The molecule has 278 valence electrons. The van der Waals surface area contributed by atoms with Gasteiger partial charge in [-0.3, -0.25) is 9.59 Å². The molecule has 2 heterocycles. The average Bonchev–Trinajstić information content (AvgIpc) is 3.23. The molecule has 0 saturated carbocycles. The summed E-state index contributed by atoms with van der Waals surface area (Å²) in [6.45, 7) is -8.79. The van der Waals surface area contributed by atoms with Gasteiger partial charge in [0.25, 0.3) is 0 Å². The highest BCUT2D eigenvalue weighted by molar-refractivity contribution is 7.98. The molecule has 0 unspecified atom stereocenters. The maximum absolute atomic E-state index is 15.3. The lowest BCUT2D eigenvalue weighted by Crippen LogP contribution is -2.48. The molecule has 1 aromatic heterocycles. The van der Waals surface area contributed by atoms with Gasteiger partial charge in [-0.05, 0) is 72.3 Å². The van der Waals surface area contributed by atoms with Gasteiger partial charge in [0.1, 0.15) is 6.50 Å². The van der Waals surface area contributed by atoms with Crippen molar-refractivity contribution in [2.75, 3.05) is 33.2 Å². The zero-order chi connectivity index (χ0) is 49.1. The van der Waals surface area contributed by atoms with E-state index in [0.29, 0.717) is 32.4 Å². The summed E-state index contributed by atoms with van der Waals surface area (Å²) < 4.78 is 186. The smallest absolute Gasteiger partial charge is 0.383 e. The zero-order valence-electron chi connectivity index (χ0n) is 41.0. The summed E-state index contributed by atoms with van der Waals surface area (Å²) in [4.78, 5) is 31.2. The number of aromatic nitrogens is 1. The van der Waals surface area contributed by atoms with Crippen LogP contribution in [-0.2, 0) is 34.5 Å². The minimum absolute atomic E-state index is 0.104. The second kappa shape index (κ2) is 16.7. The van der Waals surface area contributed by atoms with Crippen LogP contribution in [0.5, 0.6) is 0 Å². The number of likely N-dealkylation sites (tertiary alicyclic amines) is 1. The normalized spacial score (nSPS) is 18.8. The maximum Gasteiger partial charge on any atom is 0.416 e. The van der Waals surface area contributed by atoms with E-state index in [-0.39, 0.29) is 42.6 Å². The number of amides is 1. The van der Waals surface area contributed by atoms with Crippen molar-refractivity contribution in [1.29, 1.82) is 0 Å². The minimum atomic E-state index is -4.61. The molecule has 0 N–H and O–H groups in total. The Hall–Kier alpha value is -4.52. The van der Waals surface area contributed by atoms with Crippen molar-refractivity contribution in [3.05, 3.63) is 135 Å². The van der Waals surface area contributed by atoms with Crippen molar-refractivity contribution in [3.8, 4) is 11.1 Å². The second-order valence-corrected chi connectivity index (χ2v) is 13.1. The van der Waals surface area contributed by atoms with Crippen molar-refractivity contribution in [2.24, 2.45) is 0 Å². The summed E-state index contributed by atoms with van der Waals surface area (Å²) in [5, 5.41) is -1.47. The lowest BCUT2D eigenvalue weighted by molar-refractivity contribution is -0.137. The third kappa shape index (κ3) is 9.17. The van der Waals surface area contributed by atoms with Crippen LogP contribution in [-0.4, -0.2) is 59.5 Å². The van der Waals surface area contributed by atoms with E-state index < -0.39 is 120 Å². The lowest BCUT2D eigenvalue weighted by atomic mass is 10.00. The van der Waals surface area contributed by atoms with Crippen LogP contribution in [0.15, 0.2) is 101 Å². The molecule has 6 nitrogen and oxygen atoms in total. The number of alkyl halides is 3. The van der Waals surface area contributed by atoms with Crippen LogP contribution >= 0.6 is 11.8 Å². The summed E-state index contributed by atoms with van der Waals surface area (Å²) in [7, 11) is -3.09. The number of benzene rings is 4. The van der Waals surface area contributed by atoms with Crippen LogP contribution in [0.25, 0.3) is 22.0 Å². The summed E-state index contributed by atoms with van der Waals surface area (Å²) in [5.74, 6) is -4.76. The molecular formula is C41H40F5N3O3S. The number of hydrogen-bond acceptors (Lipinski definition) is 5. The molecule has 1 saturated heterocycles. The highest BCUT2D eigenvalue weighted by Crippen LogP contribution is 2.32. The SMILES string of the molecule is [2H]c1c(C)c([2H])c2c(c1[2H])c(=O)c([2H])c(SCc1cccc(F)c1F)n2C([2H])([2H])C(=O)N(C1CCN(CC([2H])([2H])OC([2H])([2H])[2H])CC1)C([2H])([2H])c1ccc(-c2ccc(C(F)(F)F)cc2)cc1. The van der Waals surface area contributed by atoms with E-state index in [1.165, 1.54) is 60.4 Å². The Kier molecular flexibility index (Phi) is 7.77. The van der Waals surface area contributed by atoms with Gasteiger partial charge in [-0.2, -0.15) is 13.2 Å². The van der Waals surface area contributed by atoms with E-state index in [9.17, 15) is 32.2 Å². The number of methoxy groups -OCH3 is 1. The van der Waals surface area contributed by atoms with Crippen LogP contribution in [0.1, 0.15) is 52.9 Å². The van der Waals surface area contributed by atoms with Gasteiger partial charge in [-0.15, -0.1) is 11.8 Å². The molecule has 0 spiro atoms. The summed E-state index contributed by atoms with van der Waals surface area (Å²) >= 11 is 0.426. The third-order valence-corrected chi connectivity index (χ3v) is 9.59. The summed E-state index contributed by atoms with van der Waals surface area (Å²) in [6, 6.07) is 8.15. The van der Waals surface area contributed by atoms with Crippen molar-refractivity contribution < 1.29 is 49.3 Å². The topological polar surface area (TPSA) is 54.8 Å². The molecule has 1 fully saturated rings. The summed E-state index contributed by atoms with van der Waals surface area (Å²) in [5.41, 5.74) is -2.99.